The molecule has 1 aliphatic heterocycles. The molecular weight excluding hydrogens is 338 g/mol. The molecule has 0 atom stereocenters. The van der Waals surface area contributed by atoms with Gasteiger partial charge in [-0.3, -0.25) is 9.36 Å². The van der Waals surface area contributed by atoms with Crippen LogP contribution in [0.4, 0.5) is 0 Å². The van der Waals surface area contributed by atoms with Crippen LogP contribution in [0.5, 0.6) is 0 Å². The van der Waals surface area contributed by atoms with Gasteiger partial charge in [0.1, 0.15) is 0 Å². The van der Waals surface area contributed by atoms with E-state index in [9.17, 15) is 13.2 Å². The molecule has 1 saturated heterocycles. The Morgan fingerprint density at radius 2 is 2.00 bits per heavy atom. The number of hydrogen-bond donors (Lipinski definition) is 0. The first kappa shape index (κ1) is 16.4. The highest BCUT2D eigenvalue weighted by atomic mass is 35.5. The number of hydrogen-bond acceptors (Lipinski definition) is 4. The average Bonchev–Trinajstić information content (AvgIpc) is 2.56. The summed E-state index contributed by atoms with van der Waals surface area (Å²) in [5, 5.41) is 0.988. The first-order chi connectivity index (χ1) is 10.9. The Labute approximate surface area is 139 Å². The van der Waals surface area contributed by atoms with Gasteiger partial charge in [-0.15, -0.1) is 0 Å². The lowest BCUT2D eigenvalue weighted by molar-refractivity contribution is 0.270. The third-order valence-electron chi connectivity index (χ3n) is 4.32. The number of aromatic nitrogens is 2. The van der Waals surface area contributed by atoms with Gasteiger partial charge in [-0.2, -0.15) is 0 Å². The maximum absolute atomic E-state index is 12.6. The minimum Gasteiger partial charge on any atom is -0.296 e. The van der Waals surface area contributed by atoms with E-state index in [-0.39, 0.29) is 17.4 Å². The van der Waals surface area contributed by atoms with E-state index in [0.717, 1.165) is 0 Å². The quantitative estimate of drug-likeness (QED) is 0.844. The Morgan fingerprint density at radius 3 is 2.65 bits per heavy atom. The number of fused-ring (bicyclic) bond motifs is 1. The summed E-state index contributed by atoms with van der Waals surface area (Å²) in [7, 11) is -3.16. The Balaban J connectivity index is 1.88. The molecule has 23 heavy (non-hydrogen) atoms. The Morgan fingerprint density at radius 1 is 1.30 bits per heavy atom. The monoisotopic (exact) mass is 355 g/mol. The second-order valence-electron chi connectivity index (χ2n) is 5.65. The number of benzene rings is 1. The fraction of sp³-hybridized carbons (Fsp3) is 0.467. The third-order valence-corrected chi connectivity index (χ3v) is 6.44. The number of halogens is 1. The molecule has 1 aromatic carbocycles. The van der Waals surface area contributed by atoms with Gasteiger partial charge < -0.3 is 0 Å². The average molecular weight is 356 g/mol. The first-order valence-electron chi connectivity index (χ1n) is 7.56. The summed E-state index contributed by atoms with van der Waals surface area (Å²) in [4.78, 5) is 17.0. The minimum absolute atomic E-state index is 0.0401. The molecule has 1 aromatic heterocycles. The van der Waals surface area contributed by atoms with Crippen LogP contribution in [0.25, 0.3) is 10.9 Å². The highest BCUT2D eigenvalue weighted by Crippen LogP contribution is 2.24. The summed E-state index contributed by atoms with van der Waals surface area (Å²) in [5.74, 6) is 0.105. The van der Waals surface area contributed by atoms with E-state index >= 15 is 0 Å². The molecule has 0 radical (unpaired) electrons. The van der Waals surface area contributed by atoms with Gasteiger partial charge in [0.15, 0.2) is 0 Å². The highest BCUT2D eigenvalue weighted by Gasteiger charge is 2.28. The third kappa shape index (κ3) is 3.13. The van der Waals surface area contributed by atoms with Crippen molar-refractivity contribution in [3.05, 3.63) is 39.9 Å². The zero-order chi connectivity index (χ0) is 16.6. The molecule has 0 aliphatic carbocycles. The molecule has 1 aliphatic rings. The summed E-state index contributed by atoms with van der Waals surface area (Å²) in [6.07, 6.45) is 2.76. The van der Waals surface area contributed by atoms with Crippen LogP contribution in [0.2, 0.25) is 5.02 Å². The van der Waals surface area contributed by atoms with Gasteiger partial charge in [0.2, 0.25) is 10.0 Å². The summed E-state index contributed by atoms with van der Waals surface area (Å²) < 4.78 is 26.9. The van der Waals surface area contributed by atoms with E-state index in [1.807, 2.05) is 0 Å². The number of piperidine rings is 1. The fourth-order valence-corrected chi connectivity index (χ4v) is 4.25. The van der Waals surface area contributed by atoms with Crippen molar-refractivity contribution in [2.75, 3.05) is 18.8 Å². The predicted octanol–water partition coefficient (Wildman–Crippen LogP) is 2.04. The van der Waals surface area contributed by atoms with Crippen LogP contribution in [0.15, 0.2) is 29.3 Å². The number of rotatable bonds is 3. The van der Waals surface area contributed by atoms with Crippen molar-refractivity contribution < 1.29 is 8.42 Å². The lowest BCUT2D eigenvalue weighted by Gasteiger charge is -2.31. The molecule has 0 bridgehead atoms. The van der Waals surface area contributed by atoms with Crippen molar-refractivity contribution in [3.8, 4) is 0 Å². The molecule has 0 N–H and O–H groups in total. The number of nitrogens with zero attached hydrogens (tertiary/aromatic N) is 3. The second kappa shape index (κ2) is 6.22. The molecule has 8 heteroatoms. The summed E-state index contributed by atoms with van der Waals surface area (Å²) in [6.45, 7) is 2.50. The van der Waals surface area contributed by atoms with Crippen LogP contribution in [0.3, 0.4) is 0 Å². The maximum Gasteiger partial charge on any atom is 0.261 e. The first-order valence-corrected chi connectivity index (χ1v) is 9.55. The van der Waals surface area contributed by atoms with E-state index in [1.54, 1.807) is 36.0 Å². The minimum atomic E-state index is -3.16. The Kier molecular flexibility index (Phi) is 4.44. The van der Waals surface area contributed by atoms with E-state index in [4.69, 9.17) is 11.6 Å². The van der Waals surface area contributed by atoms with Gasteiger partial charge in [0.05, 0.1) is 23.0 Å². The summed E-state index contributed by atoms with van der Waals surface area (Å²) >= 11 is 5.96. The van der Waals surface area contributed by atoms with Crippen LogP contribution in [0.1, 0.15) is 25.8 Å². The molecule has 0 saturated carbocycles. The van der Waals surface area contributed by atoms with E-state index in [1.165, 1.54) is 4.31 Å². The molecule has 0 unspecified atom stereocenters. The standard InChI is InChI=1S/C15H18ClN3O3S/c1-2-23(21,22)18-7-5-12(6-8-18)19-10-17-14-4-3-11(16)9-13(14)15(19)20/h3-4,9-10,12H,2,5-8H2,1H3. The molecule has 124 valence electrons. The summed E-state index contributed by atoms with van der Waals surface area (Å²) in [6, 6.07) is 5.01. The van der Waals surface area contributed by atoms with Crippen molar-refractivity contribution >= 4 is 32.5 Å². The van der Waals surface area contributed by atoms with Gasteiger partial charge >= 0.3 is 0 Å². The second-order valence-corrected chi connectivity index (χ2v) is 8.34. The van der Waals surface area contributed by atoms with Gasteiger partial charge in [-0.1, -0.05) is 11.6 Å². The van der Waals surface area contributed by atoms with Crippen molar-refractivity contribution in [2.45, 2.75) is 25.8 Å². The smallest absolute Gasteiger partial charge is 0.261 e. The van der Waals surface area contributed by atoms with Crippen LogP contribution in [0, 0.1) is 0 Å². The molecule has 0 spiro atoms. The normalized spacial score (nSPS) is 17.7. The van der Waals surface area contributed by atoms with Crippen LogP contribution >= 0.6 is 11.6 Å². The summed E-state index contributed by atoms with van der Waals surface area (Å²) in [5.41, 5.74) is 0.482. The van der Waals surface area contributed by atoms with Crippen molar-refractivity contribution in [2.24, 2.45) is 0 Å². The zero-order valence-corrected chi connectivity index (χ0v) is 14.3. The van der Waals surface area contributed by atoms with Gasteiger partial charge in [0, 0.05) is 24.2 Å². The van der Waals surface area contributed by atoms with E-state index in [0.29, 0.717) is 41.9 Å². The lowest BCUT2D eigenvalue weighted by atomic mass is 10.1. The van der Waals surface area contributed by atoms with Crippen LogP contribution in [-0.4, -0.2) is 41.1 Å². The number of sulfonamides is 1. The zero-order valence-electron chi connectivity index (χ0n) is 12.8. The molecule has 6 nitrogen and oxygen atoms in total. The molecule has 0 amide bonds. The van der Waals surface area contributed by atoms with Crippen molar-refractivity contribution in [1.29, 1.82) is 0 Å². The van der Waals surface area contributed by atoms with Crippen LogP contribution in [-0.2, 0) is 10.0 Å². The van der Waals surface area contributed by atoms with Crippen LogP contribution < -0.4 is 5.56 Å². The SMILES string of the molecule is CCS(=O)(=O)N1CCC(n2cnc3ccc(Cl)cc3c2=O)CC1. The van der Waals surface area contributed by atoms with Crippen molar-refractivity contribution in [1.82, 2.24) is 13.9 Å². The van der Waals surface area contributed by atoms with E-state index in [2.05, 4.69) is 4.98 Å². The van der Waals surface area contributed by atoms with Gasteiger partial charge in [-0.05, 0) is 38.0 Å². The predicted molar refractivity (Wildman–Crippen MR) is 90.3 cm³/mol. The van der Waals surface area contributed by atoms with E-state index < -0.39 is 10.0 Å². The molecule has 1 fully saturated rings. The lowest BCUT2D eigenvalue weighted by Crippen LogP contribution is -2.41. The largest absolute Gasteiger partial charge is 0.296 e. The molecule has 2 aromatic rings. The van der Waals surface area contributed by atoms with Gasteiger partial charge in [-0.25, -0.2) is 17.7 Å². The maximum atomic E-state index is 12.6. The van der Waals surface area contributed by atoms with Crippen molar-refractivity contribution in [3.63, 3.8) is 0 Å². The Bertz CT molecular complexity index is 886. The Hall–Kier alpha value is -1.44. The molecular formula is C15H18ClN3O3S. The van der Waals surface area contributed by atoms with Gasteiger partial charge in [0.25, 0.3) is 5.56 Å². The fourth-order valence-electron chi connectivity index (χ4n) is 2.95. The molecule has 3 rings (SSSR count). The molecule has 2 heterocycles. The highest BCUT2D eigenvalue weighted by molar-refractivity contribution is 7.89. The topological polar surface area (TPSA) is 72.3 Å².